The summed E-state index contributed by atoms with van der Waals surface area (Å²) in [7, 11) is 3.89. The van der Waals surface area contributed by atoms with Gasteiger partial charge in [0, 0.05) is 13.2 Å². The van der Waals surface area contributed by atoms with Crippen molar-refractivity contribution in [1.82, 2.24) is 4.90 Å². The molecule has 2 atom stereocenters. The van der Waals surface area contributed by atoms with E-state index in [9.17, 15) is 0 Å². The van der Waals surface area contributed by atoms with Gasteiger partial charge in [-0.1, -0.05) is 0 Å². The maximum Gasteiger partial charge on any atom is 0.110 e. The molecule has 2 unspecified atom stereocenters. The van der Waals surface area contributed by atoms with Crippen LogP contribution < -0.4 is 0 Å². The zero-order valence-corrected chi connectivity index (χ0v) is 6.42. The molecule has 0 bridgehead atoms. The van der Waals surface area contributed by atoms with Gasteiger partial charge in [-0.2, -0.15) is 0 Å². The summed E-state index contributed by atoms with van der Waals surface area (Å²) in [4.78, 5) is 2.28. The highest BCUT2D eigenvalue weighted by molar-refractivity contribution is 4.75. The Labute approximate surface area is 56.8 Å². The summed E-state index contributed by atoms with van der Waals surface area (Å²) < 4.78 is 5.22. The number of nitrogens with zero attached hydrogens (tertiary/aromatic N) is 1. The third-order valence-corrected chi connectivity index (χ3v) is 2.25. The minimum Gasteiger partial charge on any atom is -0.366 e. The van der Waals surface area contributed by atoms with Gasteiger partial charge in [-0.25, -0.2) is 0 Å². The highest BCUT2D eigenvalue weighted by Crippen LogP contribution is 2.21. The highest BCUT2D eigenvalue weighted by Gasteiger charge is 2.26. The van der Waals surface area contributed by atoms with Gasteiger partial charge in [-0.15, -0.1) is 0 Å². The van der Waals surface area contributed by atoms with Gasteiger partial charge in [0.25, 0.3) is 0 Å². The Morgan fingerprint density at radius 2 is 2.11 bits per heavy atom. The Kier molecular flexibility index (Phi) is 2.09. The molecule has 0 aromatic heterocycles. The topological polar surface area (TPSA) is 12.5 Å². The van der Waals surface area contributed by atoms with Crippen LogP contribution in [0.25, 0.3) is 0 Å². The largest absolute Gasteiger partial charge is 0.366 e. The molecule has 0 spiro atoms. The molecule has 1 rings (SSSR count). The Hall–Kier alpha value is -0.0800. The van der Waals surface area contributed by atoms with E-state index in [4.69, 9.17) is 4.74 Å². The first kappa shape index (κ1) is 7.03. The minimum absolute atomic E-state index is 0.375. The van der Waals surface area contributed by atoms with Gasteiger partial charge in [0.1, 0.15) is 6.23 Å². The molecule has 0 saturated carbocycles. The Morgan fingerprint density at radius 1 is 1.44 bits per heavy atom. The van der Waals surface area contributed by atoms with Crippen LogP contribution in [0.3, 0.4) is 0 Å². The van der Waals surface area contributed by atoms with Crippen LogP contribution in [-0.4, -0.2) is 31.3 Å². The lowest BCUT2D eigenvalue weighted by atomic mass is 10.2. The first-order chi connectivity index (χ1) is 4.25. The zero-order valence-electron chi connectivity index (χ0n) is 6.42. The van der Waals surface area contributed by atoms with Crippen LogP contribution in [0.1, 0.15) is 19.8 Å². The smallest absolute Gasteiger partial charge is 0.110 e. The lowest BCUT2D eigenvalue weighted by molar-refractivity contribution is -0.00110. The van der Waals surface area contributed by atoms with Crippen LogP contribution in [0, 0.1) is 0 Å². The molecule has 0 amide bonds. The van der Waals surface area contributed by atoms with Gasteiger partial charge < -0.3 is 4.74 Å². The quantitative estimate of drug-likeness (QED) is 0.525. The fraction of sp³-hybridized carbons (Fsp3) is 1.00. The van der Waals surface area contributed by atoms with Crippen LogP contribution in [0.2, 0.25) is 0 Å². The summed E-state index contributed by atoms with van der Waals surface area (Å²) in [5.74, 6) is 0. The van der Waals surface area contributed by atoms with Crippen molar-refractivity contribution in [3.8, 4) is 0 Å². The van der Waals surface area contributed by atoms with E-state index in [1.54, 1.807) is 7.11 Å². The van der Waals surface area contributed by atoms with Crippen molar-refractivity contribution in [2.45, 2.75) is 32.0 Å². The molecule has 1 aliphatic heterocycles. The van der Waals surface area contributed by atoms with E-state index in [-0.39, 0.29) is 0 Å². The number of likely N-dealkylation sites (tertiary alicyclic amines) is 1. The number of rotatable bonds is 1. The molecule has 1 aliphatic rings. The molecule has 0 aliphatic carbocycles. The third-order valence-electron chi connectivity index (χ3n) is 2.25. The lowest BCUT2D eigenvalue weighted by Crippen LogP contribution is -2.31. The maximum atomic E-state index is 5.22. The fourth-order valence-corrected chi connectivity index (χ4v) is 1.36. The second kappa shape index (κ2) is 2.67. The van der Waals surface area contributed by atoms with Crippen molar-refractivity contribution >= 4 is 0 Å². The monoisotopic (exact) mass is 129 g/mol. The molecule has 0 N–H and O–H groups in total. The highest BCUT2D eigenvalue weighted by atomic mass is 16.5. The van der Waals surface area contributed by atoms with E-state index in [1.807, 2.05) is 0 Å². The molecular weight excluding hydrogens is 114 g/mol. The summed E-state index contributed by atoms with van der Waals surface area (Å²) >= 11 is 0. The zero-order chi connectivity index (χ0) is 6.85. The molecular formula is C7H15NO. The molecule has 0 radical (unpaired) electrons. The van der Waals surface area contributed by atoms with Crippen molar-refractivity contribution in [2.75, 3.05) is 14.2 Å². The fourth-order valence-electron chi connectivity index (χ4n) is 1.36. The molecule has 9 heavy (non-hydrogen) atoms. The van der Waals surface area contributed by atoms with E-state index in [1.165, 1.54) is 12.8 Å². The van der Waals surface area contributed by atoms with Gasteiger partial charge in [0.2, 0.25) is 0 Å². The molecule has 1 heterocycles. The Balaban J connectivity index is 2.41. The summed E-state index contributed by atoms with van der Waals surface area (Å²) in [6, 6.07) is 0.704. The van der Waals surface area contributed by atoms with Crippen molar-refractivity contribution in [1.29, 1.82) is 0 Å². The van der Waals surface area contributed by atoms with Gasteiger partial charge in [0.15, 0.2) is 0 Å². The van der Waals surface area contributed by atoms with Crippen LogP contribution in [-0.2, 0) is 4.74 Å². The van der Waals surface area contributed by atoms with E-state index in [2.05, 4.69) is 18.9 Å². The van der Waals surface area contributed by atoms with Crippen molar-refractivity contribution < 1.29 is 4.74 Å². The number of hydrogen-bond acceptors (Lipinski definition) is 2. The van der Waals surface area contributed by atoms with Gasteiger partial charge in [0.05, 0.1) is 0 Å². The van der Waals surface area contributed by atoms with Gasteiger partial charge in [-0.3, -0.25) is 4.90 Å². The molecule has 1 saturated heterocycles. The van der Waals surface area contributed by atoms with E-state index < -0.39 is 0 Å². The summed E-state index contributed by atoms with van der Waals surface area (Å²) in [5, 5.41) is 0. The average molecular weight is 129 g/mol. The molecule has 2 nitrogen and oxygen atoms in total. The van der Waals surface area contributed by atoms with Crippen LogP contribution in [0.5, 0.6) is 0 Å². The third kappa shape index (κ3) is 1.25. The Morgan fingerprint density at radius 3 is 2.33 bits per heavy atom. The summed E-state index contributed by atoms with van der Waals surface area (Å²) in [6.45, 7) is 2.24. The average Bonchev–Trinajstić information content (AvgIpc) is 2.15. The predicted octanol–water partition coefficient (Wildman–Crippen LogP) is 1.07. The van der Waals surface area contributed by atoms with Gasteiger partial charge >= 0.3 is 0 Å². The van der Waals surface area contributed by atoms with Crippen LogP contribution in [0.4, 0.5) is 0 Å². The van der Waals surface area contributed by atoms with Crippen LogP contribution >= 0.6 is 0 Å². The number of methoxy groups -OCH3 is 1. The normalized spacial score (nSPS) is 37.7. The first-order valence-corrected chi connectivity index (χ1v) is 3.50. The molecule has 54 valence electrons. The molecule has 0 aromatic rings. The van der Waals surface area contributed by atoms with E-state index in [0.29, 0.717) is 12.3 Å². The second-order valence-electron chi connectivity index (χ2n) is 2.78. The molecule has 2 heteroatoms. The van der Waals surface area contributed by atoms with Crippen molar-refractivity contribution in [2.24, 2.45) is 0 Å². The number of hydrogen-bond donors (Lipinski definition) is 0. The SMILES string of the molecule is COC1CCC(C)N1C. The number of ether oxygens (including phenoxy) is 1. The predicted molar refractivity (Wildman–Crippen MR) is 37.3 cm³/mol. The maximum absolute atomic E-state index is 5.22. The summed E-state index contributed by atoms with van der Waals surface area (Å²) in [5.41, 5.74) is 0. The lowest BCUT2D eigenvalue weighted by Gasteiger charge is -2.21. The molecule has 1 fully saturated rings. The van der Waals surface area contributed by atoms with E-state index >= 15 is 0 Å². The van der Waals surface area contributed by atoms with Crippen molar-refractivity contribution in [3.63, 3.8) is 0 Å². The van der Waals surface area contributed by atoms with E-state index in [0.717, 1.165) is 0 Å². The molecule has 0 aromatic carbocycles. The standard InChI is InChI=1S/C7H15NO/c1-6-4-5-7(9-3)8(6)2/h6-7H,4-5H2,1-3H3. The minimum atomic E-state index is 0.375. The van der Waals surface area contributed by atoms with Crippen molar-refractivity contribution in [3.05, 3.63) is 0 Å². The Bertz CT molecular complexity index is 94.9. The van der Waals surface area contributed by atoms with Crippen LogP contribution in [0.15, 0.2) is 0 Å². The summed E-state index contributed by atoms with van der Waals surface area (Å²) in [6.07, 6.45) is 2.84. The van der Waals surface area contributed by atoms with Gasteiger partial charge in [-0.05, 0) is 26.8 Å². The second-order valence-corrected chi connectivity index (χ2v) is 2.78. The first-order valence-electron chi connectivity index (χ1n) is 3.50.